The Bertz CT molecular complexity index is 256. The smallest absolute Gasteiger partial charge is 0.332 e. The third kappa shape index (κ3) is 5.01. The molecule has 3 N–H and O–H groups in total. The molecule has 1 unspecified atom stereocenters. The minimum absolute atomic E-state index is 0. The average Bonchev–Trinajstić information content (AvgIpc) is 1.97. The maximum Gasteiger partial charge on any atom is 0.332 e. The number of carbonyl (C=O) groups is 2. The summed E-state index contributed by atoms with van der Waals surface area (Å²) in [5.41, 5.74) is -0.504. The molecule has 0 saturated heterocycles. The molecule has 0 saturated carbocycles. The van der Waals surface area contributed by atoms with Gasteiger partial charge in [0.25, 0.3) is 0 Å². The second kappa shape index (κ2) is 6.59. The van der Waals surface area contributed by atoms with Gasteiger partial charge in [0, 0.05) is 34.6 Å². The first-order valence-electron chi connectivity index (χ1n) is 3.70. The third-order valence-electron chi connectivity index (χ3n) is 1.53. The summed E-state index contributed by atoms with van der Waals surface area (Å²) in [5.74, 6) is -2.58. The molecule has 0 spiro atoms. The number of hydrogen-bond donors (Lipinski definition) is 3. The van der Waals surface area contributed by atoms with Crippen molar-refractivity contribution in [3.8, 4) is 0 Å². The SMILES string of the molecule is CC(C(=O)O)=C(CC(C)O)C(=O)O.[Fe]. The van der Waals surface area contributed by atoms with Gasteiger partial charge in [-0.15, -0.1) is 0 Å². The monoisotopic (exact) mass is 244 g/mol. The first-order chi connectivity index (χ1) is 5.86. The molecule has 0 aromatic heterocycles. The first-order valence-corrected chi connectivity index (χ1v) is 3.70. The molecule has 1 atom stereocenters. The Kier molecular flexibility index (Phi) is 7.35. The summed E-state index contributed by atoms with van der Waals surface area (Å²) in [6.07, 6.45) is -1.02. The van der Waals surface area contributed by atoms with E-state index in [2.05, 4.69) is 0 Å². The van der Waals surface area contributed by atoms with Crippen LogP contribution in [0, 0.1) is 0 Å². The Morgan fingerprint density at radius 1 is 1.21 bits per heavy atom. The molecule has 14 heavy (non-hydrogen) atoms. The second-order valence-corrected chi connectivity index (χ2v) is 2.77. The molecule has 6 heteroatoms. The fourth-order valence-corrected chi connectivity index (χ4v) is 0.825. The molecule has 0 bridgehead atoms. The molecule has 0 aliphatic carbocycles. The Morgan fingerprint density at radius 3 is 1.86 bits per heavy atom. The van der Waals surface area contributed by atoms with E-state index in [1.807, 2.05) is 0 Å². The van der Waals surface area contributed by atoms with Crippen LogP contribution >= 0.6 is 0 Å². The van der Waals surface area contributed by atoms with E-state index in [1.54, 1.807) is 0 Å². The number of carboxylic acids is 2. The van der Waals surface area contributed by atoms with E-state index in [0.717, 1.165) is 0 Å². The Labute approximate surface area is 91.9 Å². The van der Waals surface area contributed by atoms with Gasteiger partial charge >= 0.3 is 11.9 Å². The number of aliphatic carboxylic acids is 2. The number of aliphatic hydroxyl groups excluding tert-OH is 1. The molecular formula is C8H12FeO5. The Morgan fingerprint density at radius 2 is 1.64 bits per heavy atom. The van der Waals surface area contributed by atoms with Gasteiger partial charge < -0.3 is 15.3 Å². The van der Waals surface area contributed by atoms with E-state index in [0.29, 0.717) is 0 Å². The summed E-state index contributed by atoms with van der Waals surface area (Å²) >= 11 is 0. The second-order valence-electron chi connectivity index (χ2n) is 2.77. The standard InChI is InChI=1S/C8H12O5.Fe/c1-4(9)3-6(8(12)13)5(2)7(10)11;/h4,9H,3H2,1-2H3,(H,10,11)(H,12,13);. The molecule has 0 heterocycles. The van der Waals surface area contributed by atoms with E-state index in [9.17, 15) is 9.59 Å². The van der Waals surface area contributed by atoms with Crippen molar-refractivity contribution in [1.29, 1.82) is 0 Å². The van der Waals surface area contributed by atoms with Crippen LogP contribution in [-0.2, 0) is 26.7 Å². The largest absolute Gasteiger partial charge is 0.478 e. The summed E-state index contributed by atoms with van der Waals surface area (Å²) in [6.45, 7) is 2.60. The maximum absolute atomic E-state index is 10.5. The molecule has 0 aromatic carbocycles. The van der Waals surface area contributed by atoms with Crippen molar-refractivity contribution in [3.63, 3.8) is 0 Å². The molecule has 5 nitrogen and oxygen atoms in total. The van der Waals surface area contributed by atoms with E-state index >= 15 is 0 Å². The van der Waals surface area contributed by atoms with Gasteiger partial charge in [0.15, 0.2) is 0 Å². The predicted octanol–water partition coefficient (Wildman–Crippen LogP) is 0.241. The summed E-state index contributed by atoms with van der Waals surface area (Å²) in [4.78, 5) is 21.0. The topological polar surface area (TPSA) is 94.8 Å². The van der Waals surface area contributed by atoms with Gasteiger partial charge in [-0.25, -0.2) is 9.59 Å². The molecule has 0 aromatic rings. The van der Waals surface area contributed by atoms with Crippen LogP contribution in [0.5, 0.6) is 0 Å². The van der Waals surface area contributed by atoms with Crippen molar-refractivity contribution in [2.75, 3.05) is 0 Å². The van der Waals surface area contributed by atoms with Gasteiger partial charge in [0.05, 0.1) is 6.10 Å². The van der Waals surface area contributed by atoms with E-state index in [4.69, 9.17) is 15.3 Å². The predicted molar refractivity (Wildman–Crippen MR) is 44.3 cm³/mol. The molecule has 0 aliphatic rings. The van der Waals surface area contributed by atoms with Gasteiger partial charge in [-0.05, 0) is 13.8 Å². The number of hydrogen-bond acceptors (Lipinski definition) is 3. The van der Waals surface area contributed by atoms with Gasteiger partial charge in [-0.2, -0.15) is 0 Å². The quantitative estimate of drug-likeness (QED) is 0.486. The van der Waals surface area contributed by atoms with Gasteiger partial charge in [-0.3, -0.25) is 0 Å². The number of carboxylic acid groups (broad SMARTS) is 2. The van der Waals surface area contributed by atoms with Crippen LogP contribution in [0.2, 0.25) is 0 Å². The van der Waals surface area contributed by atoms with Crippen LogP contribution in [0.3, 0.4) is 0 Å². The van der Waals surface area contributed by atoms with Gasteiger partial charge in [-0.1, -0.05) is 0 Å². The Balaban J connectivity index is 0. The van der Waals surface area contributed by atoms with Crippen molar-refractivity contribution >= 4 is 11.9 Å². The van der Waals surface area contributed by atoms with Crippen LogP contribution < -0.4 is 0 Å². The van der Waals surface area contributed by atoms with Crippen LogP contribution in [-0.4, -0.2) is 33.4 Å². The van der Waals surface area contributed by atoms with Crippen LogP contribution in [0.4, 0.5) is 0 Å². The van der Waals surface area contributed by atoms with Gasteiger partial charge in [0.2, 0.25) is 0 Å². The third-order valence-corrected chi connectivity index (χ3v) is 1.53. The molecule has 0 amide bonds. The van der Waals surface area contributed by atoms with E-state index in [-0.39, 0.29) is 34.6 Å². The molecule has 82 valence electrons. The van der Waals surface area contributed by atoms with E-state index < -0.39 is 18.0 Å². The molecular weight excluding hydrogens is 232 g/mol. The zero-order valence-electron chi connectivity index (χ0n) is 7.80. The Hall–Kier alpha value is -0.841. The normalized spacial score (nSPS) is 13.6. The van der Waals surface area contributed by atoms with E-state index in [1.165, 1.54) is 13.8 Å². The zero-order valence-corrected chi connectivity index (χ0v) is 8.90. The fourth-order valence-electron chi connectivity index (χ4n) is 0.825. The summed E-state index contributed by atoms with van der Waals surface area (Å²) < 4.78 is 0. The summed E-state index contributed by atoms with van der Waals surface area (Å²) in [7, 11) is 0. The molecule has 0 fully saturated rings. The summed E-state index contributed by atoms with van der Waals surface area (Å²) in [6, 6.07) is 0. The van der Waals surface area contributed by atoms with Crippen LogP contribution in [0.25, 0.3) is 0 Å². The van der Waals surface area contributed by atoms with Crippen LogP contribution in [0.15, 0.2) is 11.1 Å². The average molecular weight is 244 g/mol. The molecule has 0 aliphatic heterocycles. The minimum atomic E-state index is -1.30. The maximum atomic E-state index is 10.5. The van der Waals surface area contributed by atoms with Crippen molar-refractivity contribution < 1.29 is 42.0 Å². The van der Waals surface area contributed by atoms with Crippen LogP contribution in [0.1, 0.15) is 20.3 Å². The van der Waals surface area contributed by atoms with Crippen molar-refractivity contribution in [2.45, 2.75) is 26.4 Å². The van der Waals surface area contributed by atoms with Gasteiger partial charge in [0.1, 0.15) is 0 Å². The summed E-state index contributed by atoms with van der Waals surface area (Å²) in [5, 5.41) is 26.0. The first kappa shape index (κ1) is 15.6. The van der Waals surface area contributed by atoms with Crippen molar-refractivity contribution in [2.24, 2.45) is 0 Å². The minimum Gasteiger partial charge on any atom is -0.478 e. The molecule has 0 radical (unpaired) electrons. The number of aliphatic hydroxyl groups is 1. The zero-order chi connectivity index (χ0) is 10.6. The number of rotatable bonds is 4. The van der Waals surface area contributed by atoms with Crippen molar-refractivity contribution in [3.05, 3.63) is 11.1 Å². The molecule has 0 rings (SSSR count). The fraction of sp³-hybridized carbons (Fsp3) is 0.500. The van der Waals surface area contributed by atoms with Crippen molar-refractivity contribution in [1.82, 2.24) is 0 Å².